The molecule has 0 aliphatic carbocycles. The summed E-state index contributed by atoms with van der Waals surface area (Å²) >= 11 is 0. The Morgan fingerprint density at radius 3 is 2.36 bits per heavy atom. The number of benzene rings is 2. The van der Waals surface area contributed by atoms with Crippen LogP contribution in [0.1, 0.15) is 52.1 Å². The largest absolute Gasteiger partial charge is 0.494 e. The second-order valence-corrected chi connectivity index (χ2v) is 9.63. The van der Waals surface area contributed by atoms with E-state index >= 15 is 0 Å². The van der Waals surface area contributed by atoms with E-state index in [4.69, 9.17) is 14.2 Å². The number of aromatic nitrogens is 4. The smallest absolute Gasteiger partial charge is 0.244 e. The molecule has 1 aliphatic rings. The average molecular weight is 495 g/mol. The normalized spacial score (nSPS) is 17.0. The molecule has 4 rings (SSSR count). The SMILES string of the molecule is COc1ccc(C2NN(C(C)C)C(=O)C2(C)C)cc1OCCCCOc1ccc(-c2nn[nH]n2)cc1. The lowest BCUT2D eigenvalue weighted by Crippen LogP contribution is -2.41. The van der Waals surface area contributed by atoms with Crippen molar-refractivity contribution in [2.24, 2.45) is 5.41 Å². The van der Waals surface area contributed by atoms with Crippen LogP contribution in [-0.4, -0.2) is 57.9 Å². The Balaban J connectivity index is 1.29. The van der Waals surface area contributed by atoms with E-state index in [9.17, 15) is 4.79 Å². The highest BCUT2D eigenvalue weighted by Gasteiger charge is 2.48. The summed E-state index contributed by atoms with van der Waals surface area (Å²) in [7, 11) is 1.63. The molecule has 0 spiro atoms. The number of carbonyl (C=O) groups is 1. The second kappa shape index (κ2) is 10.9. The number of hydrogen-bond acceptors (Lipinski definition) is 8. The number of amides is 1. The predicted molar refractivity (Wildman–Crippen MR) is 134 cm³/mol. The summed E-state index contributed by atoms with van der Waals surface area (Å²) in [6, 6.07) is 13.4. The maximum absolute atomic E-state index is 12.9. The zero-order valence-corrected chi connectivity index (χ0v) is 21.4. The average Bonchev–Trinajstić information content (AvgIpc) is 3.48. The van der Waals surface area contributed by atoms with Crippen LogP contribution in [0, 0.1) is 5.41 Å². The number of nitrogens with zero attached hydrogens (tertiary/aromatic N) is 4. The third-order valence-electron chi connectivity index (χ3n) is 6.32. The number of tetrazole rings is 1. The first-order valence-electron chi connectivity index (χ1n) is 12.2. The van der Waals surface area contributed by atoms with Crippen molar-refractivity contribution in [2.45, 2.75) is 52.6 Å². The van der Waals surface area contributed by atoms with Crippen LogP contribution < -0.4 is 19.6 Å². The molecular formula is C26H34N6O4. The molecule has 1 fully saturated rings. The number of ether oxygens (including phenoxy) is 3. The summed E-state index contributed by atoms with van der Waals surface area (Å²) in [6.45, 7) is 9.05. The Morgan fingerprint density at radius 2 is 1.75 bits per heavy atom. The summed E-state index contributed by atoms with van der Waals surface area (Å²) in [4.78, 5) is 12.9. The minimum absolute atomic E-state index is 0.0707. The fourth-order valence-corrected chi connectivity index (χ4v) is 4.21. The van der Waals surface area contributed by atoms with E-state index in [1.807, 2.05) is 70.2 Å². The predicted octanol–water partition coefficient (Wildman–Crippen LogP) is 3.94. The van der Waals surface area contributed by atoms with Gasteiger partial charge in [0.2, 0.25) is 11.7 Å². The van der Waals surface area contributed by atoms with Gasteiger partial charge < -0.3 is 14.2 Å². The van der Waals surface area contributed by atoms with E-state index in [-0.39, 0.29) is 18.0 Å². The minimum Gasteiger partial charge on any atom is -0.494 e. The zero-order chi connectivity index (χ0) is 25.7. The van der Waals surface area contributed by atoms with Gasteiger partial charge in [-0.1, -0.05) is 6.07 Å². The summed E-state index contributed by atoms with van der Waals surface area (Å²) in [6.07, 6.45) is 1.66. The zero-order valence-electron chi connectivity index (χ0n) is 21.4. The van der Waals surface area contributed by atoms with Gasteiger partial charge in [0.25, 0.3) is 0 Å². The molecule has 1 atom stereocenters. The van der Waals surface area contributed by atoms with Crippen LogP contribution in [-0.2, 0) is 4.79 Å². The van der Waals surface area contributed by atoms with E-state index in [0.29, 0.717) is 30.5 Å². The molecule has 10 heteroatoms. The first-order chi connectivity index (χ1) is 17.3. The lowest BCUT2D eigenvalue weighted by Gasteiger charge is -2.24. The van der Waals surface area contributed by atoms with Gasteiger partial charge in [0.1, 0.15) is 5.75 Å². The molecule has 3 aromatic rings. The first-order valence-corrected chi connectivity index (χ1v) is 12.2. The number of aromatic amines is 1. The highest BCUT2D eigenvalue weighted by molar-refractivity contribution is 5.85. The molecule has 1 saturated heterocycles. The van der Waals surface area contributed by atoms with Gasteiger partial charge >= 0.3 is 0 Å². The molecule has 2 aromatic carbocycles. The van der Waals surface area contributed by atoms with Crippen LogP contribution in [0.2, 0.25) is 0 Å². The standard InChI is InChI=1S/C26H34N6O4/c1-17(2)32-25(33)26(3,4)23(29-32)19-10-13-21(34-5)22(16-19)36-15-7-6-14-35-20-11-8-18(9-12-20)24-27-30-31-28-24/h8-13,16-17,23,29H,6-7,14-15H2,1-5H3,(H,27,28,30,31). The number of nitrogens with one attached hydrogen (secondary N) is 2. The molecule has 0 saturated carbocycles. The molecule has 1 aliphatic heterocycles. The van der Waals surface area contributed by atoms with E-state index in [0.717, 1.165) is 29.7 Å². The van der Waals surface area contributed by atoms with Crippen LogP contribution in [0.25, 0.3) is 11.4 Å². The Labute approximate surface area is 211 Å². The van der Waals surface area contributed by atoms with Crippen molar-refractivity contribution in [1.82, 2.24) is 31.1 Å². The van der Waals surface area contributed by atoms with Crippen LogP contribution in [0.15, 0.2) is 42.5 Å². The lowest BCUT2D eigenvalue weighted by atomic mass is 9.81. The maximum Gasteiger partial charge on any atom is 0.244 e. The molecule has 0 radical (unpaired) electrons. The van der Waals surface area contributed by atoms with Gasteiger partial charge in [-0.25, -0.2) is 5.43 Å². The van der Waals surface area contributed by atoms with Crippen molar-refractivity contribution in [1.29, 1.82) is 0 Å². The van der Waals surface area contributed by atoms with Crippen molar-refractivity contribution in [3.63, 3.8) is 0 Å². The molecule has 36 heavy (non-hydrogen) atoms. The minimum atomic E-state index is -0.572. The Morgan fingerprint density at radius 1 is 1.03 bits per heavy atom. The van der Waals surface area contributed by atoms with E-state index in [1.54, 1.807) is 12.1 Å². The van der Waals surface area contributed by atoms with Crippen molar-refractivity contribution >= 4 is 5.91 Å². The van der Waals surface area contributed by atoms with Gasteiger partial charge in [0.05, 0.1) is 31.8 Å². The van der Waals surface area contributed by atoms with Crippen LogP contribution in [0.5, 0.6) is 17.2 Å². The Hall–Kier alpha value is -3.66. The molecule has 1 aromatic heterocycles. The van der Waals surface area contributed by atoms with Crippen molar-refractivity contribution in [3.05, 3.63) is 48.0 Å². The summed E-state index contributed by atoms with van der Waals surface area (Å²) in [5, 5.41) is 15.7. The van der Waals surface area contributed by atoms with Crippen molar-refractivity contribution in [3.8, 4) is 28.6 Å². The van der Waals surface area contributed by atoms with Gasteiger partial charge in [-0.2, -0.15) is 5.21 Å². The fraction of sp³-hybridized carbons (Fsp3) is 0.462. The molecule has 192 valence electrons. The monoisotopic (exact) mass is 494 g/mol. The molecule has 1 amide bonds. The Kier molecular flexibility index (Phi) is 7.73. The van der Waals surface area contributed by atoms with Gasteiger partial charge in [0.15, 0.2) is 11.5 Å². The summed E-state index contributed by atoms with van der Waals surface area (Å²) < 4.78 is 17.4. The highest BCUT2D eigenvalue weighted by atomic mass is 16.5. The third-order valence-corrected chi connectivity index (χ3v) is 6.32. The third kappa shape index (κ3) is 5.43. The molecule has 10 nitrogen and oxygen atoms in total. The lowest BCUT2D eigenvalue weighted by molar-refractivity contribution is -0.137. The molecule has 1 unspecified atom stereocenters. The quantitative estimate of drug-likeness (QED) is 0.385. The fourth-order valence-electron chi connectivity index (χ4n) is 4.21. The van der Waals surface area contributed by atoms with Gasteiger partial charge in [-0.05, 0) is 87.7 Å². The number of carbonyl (C=O) groups excluding carboxylic acids is 1. The van der Waals surface area contributed by atoms with Crippen LogP contribution in [0.3, 0.4) is 0 Å². The Bertz CT molecular complexity index is 1150. The van der Waals surface area contributed by atoms with E-state index in [1.165, 1.54) is 0 Å². The number of H-pyrrole nitrogens is 1. The van der Waals surface area contributed by atoms with Crippen molar-refractivity contribution in [2.75, 3.05) is 20.3 Å². The molecule has 2 N–H and O–H groups in total. The number of unbranched alkanes of at least 4 members (excludes halogenated alkanes) is 1. The molecule has 0 bridgehead atoms. The number of hydrogen-bond donors (Lipinski definition) is 2. The maximum atomic E-state index is 12.9. The number of rotatable bonds is 11. The van der Waals surface area contributed by atoms with Crippen molar-refractivity contribution < 1.29 is 19.0 Å². The summed E-state index contributed by atoms with van der Waals surface area (Å²) in [5.41, 5.74) is 4.67. The second-order valence-electron chi connectivity index (χ2n) is 9.63. The first kappa shape index (κ1) is 25.4. The van der Waals surface area contributed by atoms with Crippen LogP contribution in [0.4, 0.5) is 0 Å². The highest BCUT2D eigenvalue weighted by Crippen LogP contribution is 2.43. The number of methoxy groups -OCH3 is 1. The number of hydrazine groups is 1. The van der Waals surface area contributed by atoms with Gasteiger partial charge in [-0.3, -0.25) is 9.80 Å². The van der Waals surface area contributed by atoms with E-state index in [2.05, 4.69) is 26.0 Å². The molecule has 2 heterocycles. The molecular weight excluding hydrogens is 460 g/mol. The summed E-state index contributed by atoms with van der Waals surface area (Å²) in [5.74, 6) is 2.76. The topological polar surface area (TPSA) is 114 Å². The van der Waals surface area contributed by atoms with E-state index < -0.39 is 5.41 Å². The van der Waals surface area contributed by atoms with Gasteiger partial charge in [0, 0.05) is 11.6 Å². The van der Waals surface area contributed by atoms with Crippen LogP contribution >= 0.6 is 0 Å². The van der Waals surface area contributed by atoms with Gasteiger partial charge in [-0.15, -0.1) is 10.2 Å².